The van der Waals surface area contributed by atoms with Gasteiger partial charge in [-0.1, -0.05) is 30.3 Å². The molecule has 28 heavy (non-hydrogen) atoms. The molecule has 0 bridgehead atoms. The quantitative estimate of drug-likeness (QED) is 0.560. The van der Waals surface area contributed by atoms with E-state index in [-0.39, 0.29) is 17.1 Å². The van der Waals surface area contributed by atoms with Gasteiger partial charge in [0.1, 0.15) is 5.56 Å². The third kappa shape index (κ3) is 3.45. The number of nitrogens with one attached hydrogen (secondary N) is 1. The van der Waals surface area contributed by atoms with Crippen LogP contribution in [0, 0.1) is 0 Å². The van der Waals surface area contributed by atoms with Crippen molar-refractivity contribution in [2.75, 3.05) is 5.32 Å². The Morgan fingerprint density at radius 1 is 0.929 bits per heavy atom. The molecule has 0 saturated carbocycles. The van der Waals surface area contributed by atoms with Crippen molar-refractivity contribution in [3.8, 4) is 11.4 Å². The highest BCUT2D eigenvalue weighted by atomic mass is 16.4. The summed E-state index contributed by atoms with van der Waals surface area (Å²) in [6, 6.07) is 19.8. The van der Waals surface area contributed by atoms with Crippen LogP contribution in [-0.4, -0.2) is 31.6 Å². The van der Waals surface area contributed by atoms with Crippen molar-refractivity contribution in [2.45, 2.75) is 6.42 Å². The van der Waals surface area contributed by atoms with Gasteiger partial charge >= 0.3 is 5.97 Å². The number of carboxylic acid groups (broad SMARTS) is 1. The first-order valence-corrected chi connectivity index (χ1v) is 8.63. The summed E-state index contributed by atoms with van der Waals surface area (Å²) in [5.74, 6) is -0.626. The molecule has 2 heterocycles. The van der Waals surface area contributed by atoms with Crippen molar-refractivity contribution in [1.82, 2.24) is 14.6 Å². The van der Waals surface area contributed by atoms with E-state index >= 15 is 0 Å². The van der Waals surface area contributed by atoms with Crippen molar-refractivity contribution in [3.63, 3.8) is 0 Å². The number of carboxylic acids is 1. The molecular formula is C21H16N4O3. The van der Waals surface area contributed by atoms with E-state index in [4.69, 9.17) is 0 Å². The lowest BCUT2D eigenvalue weighted by molar-refractivity contribution is -0.115. The molecule has 7 heteroatoms. The van der Waals surface area contributed by atoms with E-state index in [1.54, 1.807) is 28.8 Å². The van der Waals surface area contributed by atoms with Gasteiger partial charge in [0.2, 0.25) is 5.91 Å². The minimum atomic E-state index is -1.05. The first kappa shape index (κ1) is 17.4. The highest BCUT2D eigenvalue weighted by molar-refractivity contribution is 5.94. The average molecular weight is 372 g/mol. The van der Waals surface area contributed by atoms with Crippen LogP contribution in [-0.2, 0) is 11.2 Å². The molecule has 4 aromatic rings. The molecule has 0 aliphatic rings. The number of carbonyl (C=O) groups excluding carboxylic acids is 1. The third-order valence-electron chi connectivity index (χ3n) is 4.30. The number of nitrogens with zero attached hydrogens (tertiary/aromatic N) is 3. The first-order chi connectivity index (χ1) is 13.6. The van der Waals surface area contributed by atoms with Crippen LogP contribution in [0.15, 0.2) is 72.9 Å². The smallest absolute Gasteiger partial charge is 0.339 e. The number of benzene rings is 2. The maximum Gasteiger partial charge on any atom is 0.339 e. The Bertz CT molecular complexity index is 1150. The molecule has 0 aliphatic heterocycles. The zero-order chi connectivity index (χ0) is 19.5. The topological polar surface area (TPSA) is 96.6 Å². The lowest BCUT2D eigenvalue weighted by Gasteiger charge is -2.07. The summed E-state index contributed by atoms with van der Waals surface area (Å²) >= 11 is 0. The molecule has 7 nitrogen and oxygen atoms in total. The number of carbonyl (C=O) groups is 2. The SMILES string of the molecule is O=C(Cc1ccccc1)Nc1ccc(-c2nnc3c(C(=O)O)cccn23)cc1. The summed E-state index contributed by atoms with van der Waals surface area (Å²) in [6.07, 6.45) is 2.02. The summed E-state index contributed by atoms with van der Waals surface area (Å²) in [5.41, 5.74) is 2.75. The number of hydrogen-bond acceptors (Lipinski definition) is 4. The summed E-state index contributed by atoms with van der Waals surface area (Å²) < 4.78 is 1.63. The zero-order valence-electron chi connectivity index (χ0n) is 14.7. The summed E-state index contributed by atoms with van der Waals surface area (Å²) in [4.78, 5) is 23.5. The lowest BCUT2D eigenvalue weighted by atomic mass is 10.1. The van der Waals surface area contributed by atoms with E-state index in [0.29, 0.717) is 17.9 Å². The molecule has 1 amide bonds. The normalized spacial score (nSPS) is 10.7. The molecule has 0 atom stereocenters. The van der Waals surface area contributed by atoms with Gasteiger partial charge in [-0.15, -0.1) is 10.2 Å². The van der Waals surface area contributed by atoms with Gasteiger partial charge in [-0.25, -0.2) is 4.79 Å². The van der Waals surface area contributed by atoms with E-state index in [1.165, 1.54) is 6.07 Å². The Balaban J connectivity index is 1.54. The fourth-order valence-corrected chi connectivity index (χ4v) is 2.97. The second-order valence-corrected chi connectivity index (χ2v) is 6.23. The highest BCUT2D eigenvalue weighted by Crippen LogP contribution is 2.22. The van der Waals surface area contributed by atoms with E-state index < -0.39 is 5.97 Å². The molecular weight excluding hydrogens is 356 g/mol. The van der Waals surface area contributed by atoms with Crippen molar-refractivity contribution >= 4 is 23.2 Å². The second kappa shape index (κ2) is 7.32. The van der Waals surface area contributed by atoms with E-state index in [1.807, 2.05) is 42.5 Å². The van der Waals surface area contributed by atoms with Crippen LogP contribution < -0.4 is 5.32 Å². The number of aromatic nitrogens is 3. The van der Waals surface area contributed by atoms with Crippen LogP contribution in [0.2, 0.25) is 0 Å². The van der Waals surface area contributed by atoms with Crippen LogP contribution in [0.25, 0.3) is 17.0 Å². The maximum atomic E-state index is 12.2. The summed E-state index contributed by atoms with van der Waals surface area (Å²) in [7, 11) is 0. The van der Waals surface area contributed by atoms with E-state index in [0.717, 1.165) is 11.1 Å². The van der Waals surface area contributed by atoms with Crippen molar-refractivity contribution in [1.29, 1.82) is 0 Å². The molecule has 138 valence electrons. The second-order valence-electron chi connectivity index (χ2n) is 6.23. The Hall–Kier alpha value is -4.00. The number of aromatic carboxylic acids is 1. The molecule has 0 fully saturated rings. The highest BCUT2D eigenvalue weighted by Gasteiger charge is 2.15. The van der Waals surface area contributed by atoms with Gasteiger partial charge < -0.3 is 10.4 Å². The van der Waals surface area contributed by atoms with Crippen molar-refractivity contribution in [3.05, 3.63) is 84.1 Å². The number of amides is 1. The molecule has 0 saturated heterocycles. The fourth-order valence-electron chi connectivity index (χ4n) is 2.97. The van der Waals surface area contributed by atoms with Gasteiger partial charge in [0.15, 0.2) is 11.5 Å². The standard InChI is InChI=1S/C21H16N4O3/c26-18(13-14-5-2-1-3-6-14)22-16-10-8-15(9-11-16)19-23-24-20-17(21(27)28)7-4-12-25(19)20/h1-12H,13H2,(H,22,26)(H,27,28). The molecule has 2 N–H and O–H groups in total. The van der Waals surface area contributed by atoms with Gasteiger partial charge in [-0.3, -0.25) is 9.20 Å². The maximum absolute atomic E-state index is 12.2. The number of anilines is 1. The average Bonchev–Trinajstić information content (AvgIpc) is 3.13. The van der Waals surface area contributed by atoms with Crippen molar-refractivity contribution < 1.29 is 14.7 Å². The predicted molar refractivity (Wildman–Crippen MR) is 104 cm³/mol. The van der Waals surface area contributed by atoms with Gasteiger partial charge in [0.05, 0.1) is 6.42 Å². The number of fused-ring (bicyclic) bond motifs is 1. The monoisotopic (exact) mass is 372 g/mol. The third-order valence-corrected chi connectivity index (χ3v) is 4.30. The van der Waals surface area contributed by atoms with Crippen LogP contribution in [0.1, 0.15) is 15.9 Å². The minimum Gasteiger partial charge on any atom is -0.478 e. The van der Waals surface area contributed by atoms with Crippen LogP contribution in [0.3, 0.4) is 0 Å². The van der Waals surface area contributed by atoms with Crippen LogP contribution in [0.5, 0.6) is 0 Å². The molecule has 4 rings (SSSR count). The first-order valence-electron chi connectivity index (χ1n) is 8.63. The Kier molecular flexibility index (Phi) is 4.55. The Labute approximate surface area is 160 Å². The lowest BCUT2D eigenvalue weighted by Crippen LogP contribution is -2.14. The van der Waals surface area contributed by atoms with E-state index in [2.05, 4.69) is 15.5 Å². The molecule has 2 aromatic heterocycles. The van der Waals surface area contributed by atoms with Gasteiger partial charge in [0.25, 0.3) is 0 Å². The fraction of sp³-hybridized carbons (Fsp3) is 0.0476. The molecule has 0 unspecified atom stereocenters. The van der Waals surface area contributed by atoms with Crippen molar-refractivity contribution in [2.24, 2.45) is 0 Å². The summed E-state index contributed by atoms with van der Waals surface area (Å²) in [6.45, 7) is 0. The Morgan fingerprint density at radius 3 is 2.39 bits per heavy atom. The van der Waals surface area contributed by atoms with Gasteiger partial charge in [-0.05, 0) is 42.0 Å². The molecule has 0 aliphatic carbocycles. The van der Waals surface area contributed by atoms with E-state index in [9.17, 15) is 14.7 Å². The van der Waals surface area contributed by atoms with Crippen LogP contribution in [0.4, 0.5) is 5.69 Å². The number of rotatable bonds is 5. The predicted octanol–water partition coefficient (Wildman–Crippen LogP) is 3.28. The van der Waals surface area contributed by atoms with Crippen LogP contribution >= 0.6 is 0 Å². The number of hydrogen-bond donors (Lipinski definition) is 2. The largest absolute Gasteiger partial charge is 0.478 e. The minimum absolute atomic E-state index is 0.0889. The Morgan fingerprint density at radius 2 is 1.68 bits per heavy atom. The number of pyridine rings is 1. The van der Waals surface area contributed by atoms with Gasteiger partial charge in [-0.2, -0.15) is 0 Å². The summed E-state index contributed by atoms with van der Waals surface area (Å²) in [5, 5.41) is 20.2. The zero-order valence-corrected chi connectivity index (χ0v) is 14.7. The van der Waals surface area contributed by atoms with Gasteiger partial charge in [0, 0.05) is 17.4 Å². The molecule has 2 aromatic carbocycles. The molecule has 0 radical (unpaired) electrons. The molecule has 0 spiro atoms.